The van der Waals surface area contributed by atoms with Crippen molar-refractivity contribution in [3.05, 3.63) is 6.33 Å². The number of carbonyl (C=O) groups excluding carboxylic acids is 1. The molecule has 1 aromatic heterocycles. The maximum absolute atomic E-state index is 12.3. The number of thioether (sulfide) groups is 1. The third kappa shape index (κ3) is 3.96. The maximum Gasteiger partial charge on any atom is 0.326 e. The van der Waals surface area contributed by atoms with Gasteiger partial charge in [0.15, 0.2) is 4.34 Å². The van der Waals surface area contributed by atoms with Gasteiger partial charge >= 0.3 is 5.97 Å². The summed E-state index contributed by atoms with van der Waals surface area (Å²) in [5.74, 6) is 1.21. The highest BCUT2D eigenvalue weighted by atomic mass is 32.2. The molecule has 7 heteroatoms. The van der Waals surface area contributed by atoms with E-state index < -0.39 is 5.54 Å². The second-order valence-corrected chi connectivity index (χ2v) is 7.45. The van der Waals surface area contributed by atoms with Crippen LogP contribution in [-0.2, 0) is 9.53 Å². The Morgan fingerprint density at radius 1 is 1.67 bits per heavy atom. The van der Waals surface area contributed by atoms with Crippen LogP contribution in [0.15, 0.2) is 10.7 Å². The Hall–Kier alpha value is -0.660. The van der Waals surface area contributed by atoms with Gasteiger partial charge in [-0.15, -0.1) is 0 Å². The van der Waals surface area contributed by atoms with Gasteiger partial charge in [-0.1, -0.05) is 25.1 Å². The predicted octanol–water partition coefficient (Wildman–Crippen LogP) is 2.73. The number of hydrogen-bond acceptors (Lipinski definition) is 7. The summed E-state index contributed by atoms with van der Waals surface area (Å²) in [6.45, 7) is 2.97. The summed E-state index contributed by atoms with van der Waals surface area (Å²) in [5.41, 5.74) is -0.480. The summed E-state index contributed by atoms with van der Waals surface area (Å²) in [6.07, 6.45) is 6.65. The van der Waals surface area contributed by atoms with Crippen molar-refractivity contribution in [3.8, 4) is 0 Å². The number of ether oxygens (including phenoxy) is 1. The molecule has 2 atom stereocenters. The van der Waals surface area contributed by atoms with Crippen LogP contribution in [0, 0.1) is 5.92 Å². The van der Waals surface area contributed by atoms with E-state index in [-0.39, 0.29) is 5.97 Å². The Kier molecular flexibility index (Phi) is 6.44. The molecule has 118 valence electrons. The molecule has 1 N–H and O–H groups in total. The largest absolute Gasteiger partial charge is 0.468 e. The normalized spacial score (nSPS) is 25.1. The Balaban J connectivity index is 1.96. The van der Waals surface area contributed by atoms with Crippen LogP contribution in [0.5, 0.6) is 0 Å². The van der Waals surface area contributed by atoms with Crippen LogP contribution in [0.2, 0.25) is 0 Å². The van der Waals surface area contributed by atoms with Crippen molar-refractivity contribution in [2.45, 2.75) is 48.9 Å². The fraction of sp³-hybridized carbons (Fsp3) is 0.786. The fourth-order valence-electron chi connectivity index (χ4n) is 3.09. The lowest BCUT2D eigenvalue weighted by Gasteiger charge is -2.34. The van der Waals surface area contributed by atoms with Gasteiger partial charge in [0, 0.05) is 5.75 Å². The number of carbonyl (C=O) groups is 1. The van der Waals surface area contributed by atoms with Crippen LogP contribution in [0.1, 0.15) is 39.0 Å². The van der Waals surface area contributed by atoms with Gasteiger partial charge in [0.25, 0.3) is 0 Å². The zero-order valence-corrected chi connectivity index (χ0v) is 14.3. The van der Waals surface area contributed by atoms with Crippen LogP contribution in [-0.4, -0.2) is 40.3 Å². The smallest absolute Gasteiger partial charge is 0.326 e. The number of rotatable bonds is 8. The van der Waals surface area contributed by atoms with Crippen LogP contribution >= 0.6 is 23.3 Å². The molecule has 1 aliphatic rings. The Morgan fingerprint density at radius 2 is 2.52 bits per heavy atom. The van der Waals surface area contributed by atoms with E-state index in [1.807, 2.05) is 0 Å². The van der Waals surface area contributed by atoms with E-state index in [4.69, 9.17) is 4.74 Å². The van der Waals surface area contributed by atoms with E-state index in [1.54, 1.807) is 18.1 Å². The molecule has 0 aromatic carbocycles. The topological polar surface area (TPSA) is 64.1 Å². The number of aromatic nitrogens is 2. The van der Waals surface area contributed by atoms with Crippen molar-refractivity contribution >= 4 is 29.3 Å². The average Bonchev–Trinajstić information content (AvgIpc) is 3.15. The lowest BCUT2D eigenvalue weighted by molar-refractivity contribution is -0.150. The molecule has 0 saturated heterocycles. The van der Waals surface area contributed by atoms with Gasteiger partial charge in [-0.25, -0.2) is 4.98 Å². The molecule has 1 aliphatic carbocycles. The molecule has 1 aromatic rings. The van der Waals surface area contributed by atoms with Crippen molar-refractivity contribution in [3.63, 3.8) is 0 Å². The first-order chi connectivity index (χ1) is 10.2. The van der Waals surface area contributed by atoms with Gasteiger partial charge < -0.3 is 10.1 Å². The van der Waals surface area contributed by atoms with E-state index >= 15 is 0 Å². The summed E-state index contributed by atoms with van der Waals surface area (Å²) in [6, 6.07) is 0. The van der Waals surface area contributed by atoms with Crippen molar-refractivity contribution in [1.29, 1.82) is 0 Å². The quantitative estimate of drug-likeness (QED) is 0.584. The highest BCUT2D eigenvalue weighted by Crippen LogP contribution is 2.40. The number of hydrogen-bond donors (Lipinski definition) is 1. The van der Waals surface area contributed by atoms with Crippen LogP contribution < -0.4 is 5.32 Å². The lowest BCUT2D eigenvalue weighted by Crippen LogP contribution is -2.55. The summed E-state index contributed by atoms with van der Waals surface area (Å²) in [5, 5.41) is 3.48. The number of nitrogens with one attached hydrogen (secondary N) is 1. The van der Waals surface area contributed by atoms with Crippen molar-refractivity contribution in [2.75, 3.05) is 19.4 Å². The first-order valence-electron chi connectivity index (χ1n) is 7.46. The van der Waals surface area contributed by atoms with Crippen molar-refractivity contribution in [2.24, 2.45) is 5.92 Å². The first kappa shape index (κ1) is 16.7. The number of methoxy groups -OCH3 is 1. The lowest BCUT2D eigenvalue weighted by atomic mass is 9.85. The zero-order valence-electron chi connectivity index (χ0n) is 12.6. The summed E-state index contributed by atoms with van der Waals surface area (Å²) >= 11 is 3.15. The van der Waals surface area contributed by atoms with E-state index in [0.29, 0.717) is 5.92 Å². The number of nitrogens with zero attached hydrogens (tertiary/aromatic N) is 2. The molecule has 0 radical (unpaired) electrons. The summed E-state index contributed by atoms with van der Waals surface area (Å²) in [4.78, 5) is 16.5. The third-order valence-electron chi connectivity index (χ3n) is 4.09. The monoisotopic (exact) mass is 329 g/mol. The molecule has 5 nitrogen and oxygen atoms in total. The van der Waals surface area contributed by atoms with E-state index in [9.17, 15) is 4.79 Å². The van der Waals surface area contributed by atoms with Gasteiger partial charge in [0.2, 0.25) is 0 Å². The molecule has 0 aliphatic heterocycles. The standard InChI is InChI=1S/C14H23N3O2S2/c1-3-8-16-14(12(18)19-2)7-4-5-11(14)6-9-20-13-15-10-17-21-13/h10-11,16H,3-9H2,1-2H3. The van der Waals surface area contributed by atoms with Crippen LogP contribution in [0.25, 0.3) is 0 Å². The molecule has 1 heterocycles. The molecule has 1 saturated carbocycles. The first-order valence-corrected chi connectivity index (χ1v) is 9.21. The van der Waals surface area contributed by atoms with Crippen molar-refractivity contribution in [1.82, 2.24) is 14.7 Å². The molecule has 0 bridgehead atoms. The second kappa shape index (κ2) is 8.10. The van der Waals surface area contributed by atoms with E-state index in [1.165, 1.54) is 18.6 Å². The summed E-state index contributed by atoms with van der Waals surface area (Å²) in [7, 11) is 1.49. The Bertz CT molecular complexity index is 441. The van der Waals surface area contributed by atoms with Gasteiger partial charge in [0.05, 0.1) is 7.11 Å². The predicted molar refractivity (Wildman–Crippen MR) is 85.6 cm³/mol. The van der Waals surface area contributed by atoms with E-state index in [0.717, 1.165) is 48.7 Å². The molecular weight excluding hydrogens is 306 g/mol. The maximum atomic E-state index is 12.3. The highest BCUT2D eigenvalue weighted by molar-refractivity contribution is 8.00. The summed E-state index contributed by atoms with van der Waals surface area (Å²) < 4.78 is 10.1. The van der Waals surface area contributed by atoms with Gasteiger partial charge in [-0.3, -0.25) is 4.79 Å². The molecule has 2 unspecified atom stereocenters. The molecule has 0 amide bonds. The Labute approximate surface area is 134 Å². The Morgan fingerprint density at radius 3 is 3.19 bits per heavy atom. The number of esters is 1. The fourth-order valence-corrected chi connectivity index (χ4v) is 4.65. The second-order valence-electron chi connectivity index (χ2n) is 5.32. The van der Waals surface area contributed by atoms with Crippen LogP contribution in [0.3, 0.4) is 0 Å². The third-order valence-corrected chi connectivity index (χ3v) is 5.92. The van der Waals surface area contributed by atoms with Gasteiger partial charge in [-0.05, 0) is 49.7 Å². The minimum absolute atomic E-state index is 0.0978. The zero-order chi connectivity index (χ0) is 15.1. The average molecular weight is 329 g/mol. The van der Waals surface area contributed by atoms with E-state index in [2.05, 4.69) is 21.6 Å². The molecule has 2 rings (SSSR count). The van der Waals surface area contributed by atoms with Crippen LogP contribution in [0.4, 0.5) is 0 Å². The van der Waals surface area contributed by atoms with Crippen molar-refractivity contribution < 1.29 is 9.53 Å². The molecular formula is C14H23N3O2S2. The molecule has 21 heavy (non-hydrogen) atoms. The van der Waals surface area contributed by atoms with Gasteiger partial charge in [-0.2, -0.15) is 4.37 Å². The van der Waals surface area contributed by atoms with Gasteiger partial charge in [0.1, 0.15) is 11.9 Å². The SMILES string of the molecule is CCCNC1(C(=O)OC)CCCC1CCSc1ncns1. The molecule has 1 fully saturated rings. The molecule has 0 spiro atoms. The highest BCUT2D eigenvalue weighted by Gasteiger charge is 2.49. The minimum atomic E-state index is -0.480. The minimum Gasteiger partial charge on any atom is -0.468 e.